The summed E-state index contributed by atoms with van der Waals surface area (Å²) in [5, 5.41) is 4.74. The van der Waals surface area contributed by atoms with Crippen LogP contribution in [0.3, 0.4) is 0 Å². The Bertz CT molecular complexity index is 1140. The summed E-state index contributed by atoms with van der Waals surface area (Å²) < 4.78 is 2.14. The van der Waals surface area contributed by atoms with Gasteiger partial charge in [0.15, 0.2) is 0 Å². The average molecular weight is 460 g/mol. The van der Waals surface area contributed by atoms with Crippen LogP contribution in [-0.2, 0) is 20.1 Å². The van der Waals surface area contributed by atoms with E-state index in [4.69, 9.17) is 4.98 Å². The molecule has 3 aromatic carbocycles. The first-order valence-electron chi connectivity index (χ1n) is 7.01. The minimum atomic E-state index is 0. The molecule has 0 bridgehead atoms. The number of hydrogen-bond acceptors (Lipinski definition) is 1. The molecule has 2 aromatic heterocycles. The van der Waals surface area contributed by atoms with Gasteiger partial charge in [-0.3, -0.25) is 4.98 Å². The first-order valence-corrected chi connectivity index (χ1v) is 7.01. The van der Waals surface area contributed by atoms with E-state index in [1.54, 1.807) is 0 Å². The van der Waals surface area contributed by atoms with E-state index in [9.17, 15) is 0 Å². The number of imidazole rings is 1. The fourth-order valence-electron chi connectivity index (χ4n) is 3.11. The zero-order chi connectivity index (χ0) is 13.8. The second kappa shape index (κ2) is 4.91. The van der Waals surface area contributed by atoms with E-state index in [1.807, 2.05) is 12.1 Å². The third kappa shape index (κ3) is 1.73. The molecule has 1 radical (unpaired) electrons. The summed E-state index contributed by atoms with van der Waals surface area (Å²) in [4.78, 5) is 4.78. The van der Waals surface area contributed by atoms with Crippen molar-refractivity contribution < 1.29 is 20.1 Å². The normalized spacial score (nSPS) is 11.3. The van der Waals surface area contributed by atoms with Gasteiger partial charge in [0.1, 0.15) is 0 Å². The molecule has 0 aliphatic heterocycles. The van der Waals surface area contributed by atoms with Gasteiger partial charge < -0.3 is 4.40 Å². The van der Waals surface area contributed by atoms with Crippen LogP contribution in [0.1, 0.15) is 0 Å². The van der Waals surface area contributed by atoms with Gasteiger partial charge in [0.25, 0.3) is 0 Å². The van der Waals surface area contributed by atoms with Crippen LogP contribution in [0, 0.1) is 6.07 Å². The van der Waals surface area contributed by atoms with Gasteiger partial charge in [-0.05, 0) is 18.3 Å². The fourth-order valence-corrected chi connectivity index (χ4v) is 3.11. The smallest absolute Gasteiger partial charge is 0.0774 e. The van der Waals surface area contributed by atoms with Gasteiger partial charge >= 0.3 is 0 Å². The molecule has 0 unspecified atom stereocenters. The maximum atomic E-state index is 4.78. The Morgan fingerprint density at radius 2 is 1.68 bits per heavy atom. The average Bonchev–Trinajstić information content (AvgIpc) is 2.93. The molecule has 0 saturated carbocycles. The predicted octanol–water partition coefficient (Wildman–Crippen LogP) is 4.59. The van der Waals surface area contributed by atoms with Gasteiger partial charge in [-0.15, -0.1) is 17.5 Å². The molecule has 0 amide bonds. The van der Waals surface area contributed by atoms with E-state index in [0.29, 0.717) is 0 Å². The minimum absolute atomic E-state index is 0. The van der Waals surface area contributed by atoms with E-state index < -0.39 is 0 Å². The van der Waals surface area contributed by atoms with E-state index in [1.165, 1.54) is 16.2 Å². The second-order valence-electron chi connectivity index (χ2n) is 5.27. The van der Waals surface area contributed by atoms with E-state index in [-0.39, 0.29) is 20.1 Å². The maximum absolute atomic E-state index is 4.78. The summed E-state index contributed by atoms with van der Waals surface area (Å²) in [6.07, 6.45) is 2.10. The Labute approximate surface area is 140 Å². The monoisotopic (exact) mass is 460 g/mol. The van der Waals surface area contributed by atoms with E-state index >= 15 is 0 Å². The molecule has 5 rings (SSSR count). The molecule has 0 saturated heterocycles. The minimum Gasteiger partial charge on any atom is -0.341 e. The van der Waals surface area contributed by atoms with Crippen LogP contribution in [0.4, 0.5) is 0 Å². The molecule has 0 aliphatic carbocycles. The van der Waals surface area contributed by atoms with Crippen molar-refractivity contribution in [2.24, 2.45) is 0 Å². The number of fused-ring (bicyclic) bond motifs is 7. The van der Waals surface area contributed by atoms with Gasteiger partial charge in [0.05, 0.1) is 16.7 Å². The molecule has 3 heteroatoms. The van der Waals surface area contributed by atoms with Crippen LogP contribution < -0.4 is 0 Å². The van der Waals surface area contributed by atoms with Crippen molar-refractivity contribution in [1.29, 1.82) is 0 Å². The zero-order valence-electron chi connectivity index (χ0n) is 11.6. The van der Waals surface area contributed by atoms with Gasteiger partial charge in [-0.2, -0.15) is 0 Å². The Morgan fingerprint density at radius 3 is 2.64 bits per heavy atom. The Morgan fingerprint density at radius 1 is 0.864 bits per heavy atom. The molecule has 0 N–H and O–H groups in total. The summed E-state index contributed by atoms with van der Waals surface area (Å²) in [6.45, 7) is 0. The van der Waals surface area contributed by atoms with Crippen molar-refractivity contribution in [2.75, 3.05) is 0 Å². The molecule has 107 valence electrons. The number of hydrogen-bond donors (Lipinski definition) is 0. The largest absolute Gasteiger partial charge is 0.341 e. The Kier molecular flexibility index (Phi) is 3.00. The summed E-state index contributed by atoms with van der Waals surface area (Å²) in [7, 11) is 0. The molecule has 0 spiro atoms. The molecule has 0 aliphatic rings. The predicted molar refractivity (Wildman–Crippen MR) is 86.5 cm³/mol. The summed E-state index contributed by atoms with van der Waals surface area (Å²) in [5.41, 5.74) is 3.13. The van der Waals surface area contributed by atoms with Crippen LogP contribution >= 0.6 is 0 Å². The number of para-hydroxylation sites is 2. The number of pyridine rings is 1. The van der Waals surface area contributed by atoms with Crippen LogP contribution in [0.5, 0.6) is 0 Å². The molecule has 0 atom stereocenters. The van der Waals surface area contributed by atoms with Crippen molar-refractivity contribution in [3.8, 4) is 0 Å². The Hall–Kier alpha value is -2.22. The second-order valence-corrected chi connectivity index (χ2v) is 5.27. The van der Waals surface area contributed by atoms with Crippen LogP contribution in [0.15, 0.2) is 66.9 Å². The third-order valence-electron chi connectivity index (χ3n) is 4.10. The standard InChI is InChI=1S/C19H11N2.Ir/c1-2-6-14-13(5-1)9-10-16-15(14)11-12-21-18-8-4-3-7-17(18)20-19(16)21;/h1-9,11-12H;/q-1;. The van der Waals surface area contributed by atoms with Crippen LogP contribution in [0.2, 0.25) is 0 Å². The number of benzene rings is 3. The topological polar surface area (TPSA) is 17.3 Å². The van der Waals surface area contributed by atoms with Crippen molar-refractivity contribution in [3.05, 3.63) is 72.9 Å². The van der Waals surface area contributed by atoms with Gasteiger partial charge in [-0.25, -0.2) is 0 Å². The maximum Gasteiger partial charge on any atom is 0.0774 e. The number of rotatable bonds is 0. The first kappa shape index (κ1) is 13.4. The van der Waals surface area contributed by atoms with Crippen molar-refractivity contribution in [2.45, 2.75) is 0 Å². The zero-order valence-corrected chi connectivity index (χ0v) is 14.0. The quantitative estimate of drug-likeness (QED) is 0.245. The van der Waals surface area contributed by atoms with Gasteiger partial charge in [-0.1, -0.05) is 58.6 Å². The van der Waals surface area contributed by atoms with Crippen molar-refractivity contribution in [3.63, 3.8) is 0 Å². The van der Waals surface area contributed by atoms with Crippen molar-refractivity contribution >= 4 is 38.2 Å². The molecule has 0 fully saturated rings. The Balaban J connectivity index is 0.00000125. The molecular weight excluding hydrogens is 448 g/mol. The molecular formula is C19H11IrN2-. The van der Waals surface area contributed by atoms with E-state index in [0.717, 1.165) is 22.1 Å². The fraction of sp³-hybridized carbons (Fsp3) is 0. The third-order valence-corrected chi connectivity index (χ3v) is 4.10. The van der Waals surface area contributed by atoms with Crippen LogP contribution in [0.25, 0.3) is 38.2 Å². The molecule has 22 heavy (non-hydrogen) atoms. The number of aromatic nitrogens is 2. The summed E-state index contributed by atoms with van der Waals surface area (Å²) >= 11 is 0. The summed E-state index contributed by atoms with van der Waals surface area (Å²) in [6, 6.07) is 24.3. The van der Waals surface area contributed by atoms with Gasteiger partial charge in [0, 0.05) is 20.1 Å². The molecule has 2 heterocycles. The number of nitrogens with zero attached hydrogens (tertiary/aromatic N) is 2. The van der Waals surface area contributed by atoms with Crippen LogP contribution in [-0.4, -0.2) is 9.38 Å². The first-order chi connectivity index (χ1) is 10.4. The van der Waals surface area contributed by atoms with E-state index in [2.05, 4.69) is 65.2 Å². The molecule has 5 aromatic rings. The SMILES string of the molecule is [Ir].[c-]1cc2ccccc2c2ccn3c4ccccc4nc3c12. The molecule has 2 nitrogen and oxygen atoms in total. The van der Waals surface area contributed by atoms with Crippen molar-refractivity contribution in [1.82, 2.24) is 9.38 Å². The van der Waals surface area contributed by atoms with Gasteiger partial charge in [0.2, 0.25) is 0 Å². The summed E-state index contributed by atoms with van der Waals surface area (Å²) in [5.74, 6) is 0.